The lowest BCUT2D eigenvalue weighted by Crippen LogP contribution is -2.36. The third-order valence-electron chi connectivity index (χ3n) is 2.34. The van der Waals surface area contributed by atoms with Crippen LogP contribution in [0.2, 0.25) is 0 Å². The third-order valence-corrected chi connectivity index (χ3v) is 2.34. The minimum Gasteiger partial charge on any atom is -0.348 e. The maximum absolute atomic E-state index is 11.2. The van der Waals surface area contributed by atoms with Crippen LogP contribution in [0.5, 0.6) is 0 Å². The van der Waals surface area contributed by atoms with Crippen LogP contribution in [0.3, 0.4) is 0 Å². The number of carbonyl (C=O) groups is 1. The molecule has 0 N–H and O–H groups in total. The Morgan fingerprint density at radius 3 is 2.87 bits per heavy atom. The maximum atomic E-state index is 11.2. The molecule has 2 rings (SSSR count). The van der Waals surface area contributed by atoms with Gasteiger partial charge < -0.3 is 4.90 Å². The van der Waals surface area contributed by atoms with Gasteiger partial charge in [0.25, 0.3) is 0 Å². The van der Waals surface area contributed by atoms with Gasteiger partial charge >= 0.3 is 0 Å². The zero-order valence-electron chi connectivity index (χ0n) is 8.18. The quantitative estimate of drug-likeness (QED) is 0.663. The summed E-state index contributed by atoms with van der Waals surface area (Å²) in [6.45, 7) is 1.23. The number of hydrogen-bond acceptors (Lipinski definition) is 5. The van der Waals surface area contributed by atoms with Crippen molar-refractivity contribution in [2.24, 2.45) is 0 Å². The maximum Gasteiger partial charge on any atom is 0.163 e. The van der Waals surface area contributed by atoms with Gasteiger partial charge in [0.15, 0.2) is 17.3 Å². The summed E-state index contributed by atoms with van der Waals surface area (Å²) in [6, 6.07) is 5.25. The van der Waals surface area contributed by atoms with Gasteiger partial charge in [-0.2, -0.15) is 5.26 Å². The highest BCUT2D eigenvalue weighted by atomic mass is 16.1. The first kappa shape index (κ1) is 9.59. The van der Waals surface area contributed by atoms with Gasteiger partial charge in [0.1, 0.15) is 6.07 Å². The van der Waals surface area contributed by atoms with Crippen LogP contribution in [-0.2, 0) is 4.79 Å². The van der Waals surface area contributed by atoms with E-state index in [9.17, 15) is 4.79 Å². The molecule has 0 spiro atoms. The summed E-state index contributed by atoms with van der Waals surface area (Å²) in [6.07, 6.45) is 1.51. The van der Waals surface area contributed by atoms with Crippen LogP contribution in [0.1, 0.15) is 18.5 Å². The molecule has 0 aromatic carbocycles. The number of ketones is 1. The third kappa shape index (κ3) is 2.10. The normalized spacial score (nSPS) is 16.2. The standard InChI is InChI=1S/C10H10N4O/c11-6-8-3-4-10(13-12-8)14-5-1-2-9(15)7-14/h3-4H,1-2,5,7H2. The second-order valence-electron chi connectivity index (χ2n) is 3.45. The van der Waals surface area contributed by atoms with Crippen LogP contribution in [0.25, 0.3) is 0 Å². The number of nitriles is 1. The zero-order chi connectivity index (χ0) is 10.7. The van der Waals surface area contributed by atoms with E-state index < -0.39 is 0 Å². The highest BCUT2D eigenvalue weighted by Gasteiger charge is 2.18. The van der Waals surface area contributed by atoms with Crippen LogP contribution in [0.4, 0.5) is 5.82 Å². The Bertz CT molecular complexity index is 406. The number of nitrogens with zero attached hydrogens (tertiary/aromatic N) is 4. The Morgan fingerprint density at radius 1 is 1.40 bits per heavy atom. The van der Waals surface area contributed by atoms with Crippen LogP contribution in [0.15, 0.2) is 12.1 Å². The molecule has 1 aromatic heterocycles. The van der Waals surface area contributed by atoms with E-state index in [1.165, 1.54) is 0 Å². The Kier molecular flexibility index (Phi) is 2.59. The van der Waals surface area contributed by atoms with Crippen molar-refractivity contribution in [3.63, 3.8) is 0 Å². The van der Waals surface area contributed by atoms with Crippen molar-refractivity contribution in [3.05, 3.63) is 17.8 Å². The molecule has 15 heavy (non-hydrogen) atoms. The molecule has 1 aliphatic heterocycles. The first-order chi connectivity index (χ1) is 7.29. The smallest absolute Gasteiger partial charge is 0.163 e. The lowest BCUT2D eigenvalue weighted by Gasteiger charge is -2.26. The van der Waals surface area contributed by atoms with Gasteiger partial charge in [-0.1, -0.05) is 0 Å². The van der Waals surface area contributed by atoms with E-state index in [1.54, 1.807) is 12.1 Å². The predicted octanol–water partition coefficient (Wildman–Crippen LogP) is 0.518. The molecule has 0 aliphatic carbocycles. The second kappa shape index (κ2) is 4.05. The molecule has 5 heteroatoms. The minimum atomic E-state index is 0.229. The molecular formula is C10H10N4O. The molecule has 1 aromatic rings. The first-order valence-electron chi connectivity index (χ1n) is 4.80. The van der Waals surface area contributed by atoms with Crippen LogP contribution in [-0.4, -0.2) is 29.1 Å². The van der Waals surface area contributed by atoms with Crippen molar-refractivity contribution >= 4 is 11.6 Å². The van der Waals surface area contributed by atoms with Gasteiger partial charge in [0.05, 0.1) is 6.54 Å². The summed E-state index contributed by atoms with van der Waals surface area (Å²) in [7, 11) is 0. The monoisotopic (exact) mass is 202 g/mol. The van der Waals surface area contributed by atoms with E-state index in [4.69, 9.17) is 5.26 Å². The Hall–Kier alpha value is -1.96. The van der Waals surface area contributed by atoms with E-state index >= 15 is 0 Å². The molecule has 5 nitrogen and oxygen atoms in total. The van der Waals surface area contributed by atoms with Gasteiger partial charge in [-0.25, -0.2) is 0 Å². The number of carbonyl (C=O) groups excluding carboxylic acids is 1. The number of anilines is 1. The molecule has 1 saturated heterocycles. The van der Waals surface area contributed by atoms with Crippen molar-refractivity contribution in [2.45, 2.75) is 12.8 Å². The highest BCUT2D eigenvalue weighted by Crippen LogP contribution is 2.14. The topological polar surface area (TPSA) is 69.9 Å². The molecule has 76 valence electrons. The van der Waals surface area contributed by atoms with E-state index in [2.05, 4.69) is 10.2 Å². The molecular weight excluding hydrogens is 192 g/mol. The summed E-state index contributed by atoms with van der Waals surface area (Å²) in [5.74, 6) is 0.898. The molecule has 0 bridgehead atoms. The fourth-order valence-corrected chi connectivity index (χ4v) is 1.59. The lowest BCUT2D eigenvalue weighted by atomic mass is 10.1. The second-order valence-corrected chi connectivity index (χ2v) is 3.45. The van der Waals surface area contributed by atoms with Crippen molar-refractivity contribution in [1.29, 1.82) is 5.26 Å². The summed E-state index contributed by atoms with van der Waals surface area (Å²) in [5, 5.41) is 16.2. The van der Waals surface area contributed by atoms with E-state index in [1.807, 2.05) is 11.0 Å². The largest absolute Gasteiger partial charge is 0.348 e. The number of piperidine rings is 1. The first-order valence-corrected chi connectivity index (χ1v) is 4.80. The van der Waals surface area contributed by atoms with Crippen molar-refractivity contribution in [2.75, 3.05) is 18.0 Å². The molecule has 0 atom stereocenters. The van der Waals surface area contributed by atoms with Crippen LogP contribution >= 0.6 is 0 Å². The molecule has 0 saturated carbocycles. The molecule has 0 amide bonds. The highest BCUT2D eigenvalue weighted by molar-refractivity contribution is 5.84. The molecule has 1 fully saturated rings. The van der Waals surface area contributed by atoms with Gasteiger partial charge in [-0.15, -0.1) is 10.2 Å². The average Bonchev–Trinajstić information content (AvgIpc) is 2.29. The van der Waals surface area contributed by atoms with E-state index in [0.29, 0.717) is 24.5 Å². The van der Waals surface area contributed by atoms with Gasteiger partial charge in [0, 0.05) is 13.0 Å². The Morgan fingerprint density at radius 2 is 2.27 bits per heavy atom. The predicted molar refractivity (Wildman–Crippen MR) is 53.2 cm³/mol. The number of hydrogen-bond donors (Lipinski definition) is 0. The number of rotatable bonds is 1. The fraction of sp³-hybridized carbons (Fsp3) is 0.400. The van der Waals surface area contributed by atoms with Gasteiger partial charge in [-0.3, -0.25) is 4.79 Å². The summed E-state index contributed by atoms with van der Waals surface area (Å²) < 4.78 is 0. The van der Waals surface area contributed by atoms with Crippen molar-refractivity contribution < 1.29 is 4.79 Å². The SMILES string of the molecule is N#Cc1ccc(N2CCCC(=O)C2)nn1. The summed E-state index contributed by atoms with van der Waals surface area (Å²) in [4.78, 5) is 13.1. The van der Waals surface area contributed by atoms with Gasteiger partial charge in [0.2, 0.25) is 0 Å². The lowest BCUT2D eigenvalue weighted by molar-refractivity contribution is -0.118. The Labute approximate surface area is 87.3 Å². The van der Waals surface area contributed by atoms with E-state index in [-0.39, 0.29) is 5.78 Å². The van der Waals surface area contributed by atoms with Crippen LogP contribution < -0.4 is 4.90 Å². The van der Waals surface area contributed by atoms with Crippen molar-refractivity contribution in [3.8, 4) is 6.07 Å². The van der Waals surface area contributed by atoms with Crippen LogP contribution in [0, 0.1) is 11.3 Å². The molecule has 2 heterocycles. The minimum absolute atomic E-state index is 0.229. The van der Waals surface area contributed by atoms with Gasteiger partial charge in [-0.05, 0) is 18.6 Å². The summed E-state index contributed by atoms with van der Waals surface area (Å²) >= 11 is 0. The number of Topliss-reactive ketones (excluding diaryl/α,β-unsaturated/α-hetero) is 1. The number of aromatic nitrogens is 2. The Balaban J connectivity index is 2.15. The van der Waals surface area contributed by atoms with E-state index in [0.717, 1.165) is 13.0 Å². The fourth-order valence-electron chi connectivity index (χ4n) is 1.59. The van der Waals surface area contributed by atoms with Crippen molar-refractivity contribution in [1.82, 2.24) is 10.2 Å². The molecule has 1 aliphatic rings. The molecule has 0 unspecified atom stereocenters. The average molecular weight is 202 g/mol. The summed E-state index contributed by atoms with van der Waals surface area (Å²) in [5.41, 5.74) is 0.294. The zero-order valence-corrected chi connectivity index (χ0v) is 8.18. The molecule has 0 radical (unpaired) electrons.